The smallest absolute Gasteiger partial charge is 0.407 e. The Balaban J connectivity index is 1.41. The van der Waals surface area contributed by atoms with E-state index in [1.165, 1.54) is 0 Å². The third kappa shape index (κ3) is 4.85. The lowest BCUT2D eigenvalue weighted by Gasteiger charge is -2.41. The Morgan fingerprint density at radius 3 is 2.15 bits per heavy atom. The average Bonchev–Trinajstić information content (AvgIpc) is 3.11. The van der Waals surface area contributed by atoms with Crippen LogP contribution in [0.15, 0.2) is 48.5 Å². The summed E-state index contributed by atoms with van der Waals surface area (Å²) >= 11 is 0. The first-order valence-electron chi connectivity index (χ1n) is 11.2. The number of carboxylic acids is 1. The van der Waals surface area contributed by atoms with Crippen molar-refractivity contribution in [2.45, 2.75) is 49.6 Å². The first kappa shape index (κ1) is 22.8. The summed E-state index contributed by atoms with van der Waals surface area (Å²) in [5.41, 5.74) is 3.66. The highest BCUT2D eigenvalue weighted by Crippen LogP contribution is 2.44. The molecule has 1 atom stereocenters. The van der Waals surface area contributed by atoms with Crippen molar-refractivity contribution in [2.75, 3.05) is 13.2 Å². The molecule has 0 heterocycles. The Kier molecular flexibility index (Phi) is 6.65. The maximum absolute atomic E-state index is 12.8. The summed E-state index contributed by atoms with van der Waals surface area (Å²) in [4.78, 5) is 36.4. The van der Waals surface area contributed by atoms with Crippen molar-refractivity contribution in [3.05, 3.63) is 59.7 Å². The Hall–Kier alpha value is -3.39. The number of benzene rings is 2. The molecule has 174 valence electrons. The van der Waals surface area contributed by atoms with E-state index in [0.717, 1.165) is 28.7 Å². The fourth-order valence-corrected chi connectivity index (χ4v) is 4.59. The molecule has 2 amide bonds. The Morgan fingerprint density at radius 2 is 1.64 bits per heavy atom. The second kappa shape index (κ2) is 9.62. The van der Waals surface area contributed by atoms with E-state index in [-0.39, 0.29) is 32.0 Å². The Bertz CT molecular complexity index is 998. The Morgan fingerprint density at radius 1 is 1.03 bits per heavy atom. The number of carbonyl (C=O) groups excluding carboxylic acids is 2. The third-order valence-corrected chi connectivity index (χ3v) is 6.60. The molecule has 8 nitrogen and oxygen atoms in total. The molecule has 4 rings (SSSR count). The minimum absolute atomic E-state index is 0.0765. The lowest BCUT2D eigenvalue weighted by molar-refractivity contribution is -0.137. The van der Waals surface area contributed by atoms with Gasteiger partial charge in [0, 0.05) is 12.3 Å². The van der Waals surface area contributed by atoms with Crippen molar-refractivity contribution >= 4 is 18.0 Å². The molecular formula is C25H28N2O6. The highest BCUT2D eigenvalue weighted by molar-refractivity contribution is 5.87. The number of aliphatic carboxylic acids is 1. The molecule has 2 aromatic rings. The van der Waals surface area contributed by atoms with Gasteiger partial charge in [-0.25, -0.2) is 4.79 Å². The molecule has 1 fully saturated rings. The highest BCUT2D eigenvalue weighted by Gasteiger charge is 2.39. The van der Waals surface area contributed by atoms with Crippen molar-refractivity contribution in [1.82, 2.24) is 10.6 Å². The van der Waals surface area contributed by atoms with Gasteiger partial charge in [0.1, 0.15) is 12.6 Å². The molecule has 2 aliphatic carbocycles. The number of rotatable bonds is 9. The second-order valence-corrected chi connectivity index (χ2v) is 8.74. The van der Waals surface area contributed by atoms with Gasteiger partial charge in [-0.1, -0.05) is 48.5 Å². The van der Waals surface area contributed by atoms with Gasteiger partial charge in [-0.05, 0) is 47.9 Å². The van der Waals surface area contributed by atoms with Crippen LogP contribution in [0.25, 0.3) is 11.1 Å². The van der Waals surface area contributed by atoms with Crippen LogP contribution in [-0.2, 0) is 14.3 Å². The van der Waals surface area contributed by atoms with Gasteiger partial charge < -0.3 is 25.6 Å². The zero-order valence-corrected chi connectivity index (χ0v) is 18.3. The van der Waals surface area contributed by atoms with Crippen LogP contribution < -0.4 is 10.6 Å². The molecule has 33 heavy (non-hydrogen) atoms. The number of carboxylic acid groups (broad SMARTS) is 1. The number of aliphatic hydroxyl groups is 1. The van der Waals surface area contributed by atoms with Crippen LogP contribution in [-0.4, -0.2) is 53.0 Å². The average molecular weight is 453 g/mol. The SMILES string of the molecule is O=C(O)CCC(NC(=O)OCC1c2ccccc2-c2ccccc21)C(=O)NC1(CO)CCC1. The van der Waals surface area contributed by atoms with E-state index in [2.05, 4.69) is 10.6 Å². The summed E-state index contributed by atoms with van der Waals surface area (Å²) in [6.45, 7) is -0.108. The lowest BCUT2D eigenvalue weighted by Crippen LogP contribution is -2.60. The number of fused-ring (bicyclic) bond motifs is 3. The quantitative estimate of drug-likeness (QED) is 0.464. The van der Waals surface area contributed by atoms with E-state index >= 15 is 0 Å². The summed E-state index contributed by atoms with van der Waals surface area (Å²) in [5, 5.41) is 23.9. The molecule has 1 saturated carbocycles. The minimum atomic E-state index is -1.07. The normalized spacial score (nSPS) is 16.6. The van der Waals surface area contributed by atoms with Gasteiger partial charge in [0.2, 0.25) is 5.91 Å². The number of amides is 2. The summed E-state index contributed by atoms with van der Waals surface area (Å²) in [6.07, 6.45) is 1.04. The maximum Gasteiger partial charge on any atom is 0.407 e. The van der Waals surface area contributed by atoms with Gasteiger partial charge in [-0.2, -0.15) is 0 Å². The molecule has 8 heteroatoms. The number of hydrogen-bond donors (Lipinski definition) is 4. The largest absolute Gasteiger partial charge is 0.481 e. The summed E-state index contributed by atoms with van der Waals surface area (Å²) in [7, 11) is 0. The molecule has 4 N–H and O–H groups in total. The van der Waals surface area contributed by atoms with E-state index in [0.29, 0.717) is 12.8 Å². The first-order valence-corrected chi connectivity index (χ1v) is 11.2. The van der Waals surface area contributed by atoms with Crippen LogP contribution in [0.3, 0.4) is 0 Å². The van der Waals surface area contributed by atoms with Crippen LogP contribution in [0, 0.1) is 0 Å². The zero-order chi connectivity index (χ0) is 23.4. The molecule has 2 aliphatic rings. The third-order valence-electron chi connectivity index (χ3n) is 6.60. The fourth-order valence-electron chi connectivity index (χ4n) is 4.59. The van der Waals surface area contributed by atoms with Crippen molar-refractivity contribution in [3.63, 3.8) is 0 Å². The summed E-state index contributed by atoms with van der Waals surface area (Å²) in [5.74, 6) is -1.71. The first-order chi connectivity index (χ1) is 15.9. The summed E-state index contributed by atoms with van der Waals surface area (Å²) < 4.78 is 5.50. The molecule has 0 aromatic heterocycles. The zero-order valence-electron chi connectivity index (χ0n) is 18.3. The van der Waals surface area contributed by atoms with E-state index in [1.807, 2.05) is 48.5 Å². The van der Waals surface area contributed by atoms with Gasteiger partial charge in [0.15, 0.2) is 0 Å². The van der Waals surface area contributed by atoms with Crippen LogP contribution in [0.4, 0.5) is 4.79 Å². The number of aliphatic hydroxyl groups excluding tert-OH is 1. The lowest BCUT2D eigenvalue weighted by atomic mass is 9.77. The van der Waals surface area contributed by atoms with Crippen molar-refractivity contribution in [2.24, 2.45) is 0 Å². The van der Waals surface area contributed by atoms with E-state index < -0.39 is 29.6 Å². The van der Waals surface area contributed by atoms with Crippen LogP contribution in [0.1, 0.15) is 49.1 Å². The number of ether oxygens (including phenoxy) is 1. The van der Waals surface area contributed by atoms with E-state index in [4.69, 9.17) is 9.84 Å². The second-order valence-electron chi connectivity index (χ2n) is 8.74. The van der Waals surface area contributed by atoms with Crippen molar-refractivity contribution in [1.29, 1.82) is 0 Å². The predicted octanol–water partition coefficient (Wildman–Crippen LogP) is 2.79. The molecule has 0 aliphatic heterocycles. The molecule has 0 saturated heterocycles. The molecule has 2 aromatic carbocycles. The molecule has 0 bridgehead atoms. The van der Waals surface area contributed by atoms with Crippen LogP contribution >= 0.6 is 0 Å². The van der Waals surface area contributed by atoms with Crippen LogP contribution in [0.2, 0.25) is 0 Å². The van der Waals surface area contributed by atoms with Gasteiger partial charge in [-0.15, -0.1) is 0 Å². The minimum Gasteiger partial charge on any atom is -0.481 e. The number of hydrogen-bond acceptors (Lipinski definition) is 5. The standard InChI is InChI=1S/C25H28N2O6/c28-15-25(12-5-13-25)27-23(31)21(10-11-22(29)30)26-24(32)33-14-20-18-8-3-1-6-16(18)17-7-2-4-9-19(17)20/h1-4,6-9,20-21,28H,5,10-15H2,(H,26,32)(H,27,31)(H,29,30). The summed E-state index contributed by atoms with van der Waals surface area (Å²) in [6, 6.07) is 14.9. The van der Waals surface area contributed by atoms with Gasteiger partial charge in [0.05, 0.1) is 12.1 Å². The maximum atomic E-state index is 12.8. The van der Waals surface area contributed by atoms with Crippen molar-refractivity contribution in [3.8, 4) is 11.1 Å². The number of alkyl carbamates (subject to hydrolysis) is 1. The molecular weight excluding hydrogens is 424 g/mol. The van der Waals surface area contributed by atoms with Gasteiger partial charge in [0.25, 0.3) is 0 Å². The predicted molar refractivity (Wildman–Crippen MR) is 121 cm³/mol. The number of nitrogens with one attached hydrogen (secondary N) is 2. The monoisotopic (exact) mass is 452 g/mol. The molecule has 1 unspecified atom stereocenters. The molecule has 0 spiro atoms. The van der Waals surface area contributed by atoms with Crippen molar-refractivity contribution < 1.29 is 29.3 Å². The topological polar surface area (TPSA) is 125 Å². The van der Waals surface area contributed by atoms with Crippen LogP contribution in [0.5, 0.6) is 0 Å². The fraction of sp³-hybridized carbons (Fsp3) is 0.400. The highest BCUT2D eigenvalue weighted by atomic mass is 16.5. The van der Waals surface area contributed by atoms with Gasteiger partial charge in [-0.3, -0.25) is 9.59 Å². The number of carbonyl (C=O) groups is 3. The molecule has 0 radical (unpaired) electrons. The van der Waals surface area contributed by atoms with E-state index in [1.54, 1.807) is 0 Å². The Labute approximate surface area is 192 Å². The van der Waals surface area contributed by atoms with Gasteiger partial charge >= 0.3 is 12.1 Å². The van der Waals surface area contributed by atoms with E-state index in [9.17, 15) is 19.5 Å².